The van der Waals surface area contributed by atoms with Crippen molar-refractivity contribution in [3.05, 3.63) is 75.6 Å². The summed E-state index contributed by atoms with van der Waals surface area (Å²) < 4.78 is 5.82. The third-order valence-electron chi connectivity index (χ3n) is 3.99. The van der Waals surface area contributed by atoms with E-state index in [0.717, 1.165) is 16.9 Å². The molecule has 1 N–H and O–H groups in total. The van der Waals surface area contributed by atoms with Gasteiger partial charge in [-0.3, -0.25) is 4.79 Å². The Morgan fingerprint density at radius 1 is 1.19 bits per heavy atom. The number of aryl methyl sites for hydroxylation is 1. The quantitative estimate of drug-likeness (QED) is 0.635. The van der Waals surface area contributed by atoms with E-state index in [4.69, 9.17) is 4.74 Å². The summed E-state index contributed by atoms with van der Waals surface area (Å²) in [4.78, 5) is 17.1. The van der Waals surface area contributed by atoms with E-state index in [1.165, 1.54) is 16.9 Å². The molecule has 0 saturated carbocycles. The highest BCUT2D eigenvalue weighted by atomic mass is 32.1. The lowest BCUT2D eigenvalue weighted by atomic mass is 10.0. The van der Waals surface area contributed by atoms with Crippen LogP contribution in [0.5, 0.6) is 5.75 Å². The second-order valence-corrected chi connectivity index (χ2v) is 7.42. The maximum absolute atomic E-state index is 12.3. The van der Waals surface area contributed by atoms with E-state index in [2.05, 4.69) is 36.3 Å². The normalized spacial score (nSPS) is 10.8. The molecule has 2 aromatic heterocycles. The number of thiophene rings is 1. The smallest absolute Gasteiger partial charge is 0.266 e. The highest BCUT2D eigenvalue weighted by molar-refractivity contribution is 7.12. The number of aromatic nitrogens is 1. The van der Waals surface area contributed by atoms with Gasteiger partial charge < -0.3 is 10.1 Å². The van der Waals surface area contributed by atoms with Crippen molar-refractivity contribution in [2.45, 2.75) is 33.3 Å². The number of hydrogen-bond donors (Lipinski definition) is 1. The van der Waals surface area contributed by atoms with Gasteiger partial charge >= 0.3 is 0 Å². The Morgan fingerprint density at radius 2 is 1.96 bits per heavy atom. The molecule has 0 saturated heterocycles. The van der Waals surface area contributed by atoms with E-state index >= 15 is 0 Å². The molecule has 0 fully saturated rings. The lowest BCUT2D eigenvalue weighted by Crippen LogP contribution is -2.11. The number of nitrogens with one attached hydrogen (secondary N) is 1. The van der Waals surface area contributed by atoms with Crippen LogP contribution in [0.1, 0.15) is 46.1 Å². The molecule has 3 aromatic rings. The second-order valence-electron chi connectivity index (χ2n) is 6.50. The molecule has 0 bridgehead atoms. The number of anilines is 1. The molecule has 26 heavy (non-hydrogen) atoms. The Morgan fingerprint density at radius 3 is 2.65 bits per heavy atom. The van der Waals surface area contributed by atoms with Gasteiger partial charge in [0.1, 0.15) is 18.2 Å². The van der Waals surface area contributed by atoms with Crippen molar-refractivity contribution in [3.63, 3.8) is 0 Å². The summed E-state index contributed by atoms with van der Waals surface area (Å²) in [6.45, 7) is 6.74. The Hall–Kier alpha value is -2.66. The molecule has 2 heterocycles. The number of amides is 1. The fourth-order valence-corrected chi connectivity index (χ4v) is 3.26. The predicted molar refractivity (Wildman–Crippen MR) is 106 cm³/mol. The van der Waals surface area contributed by atoms with Gasteiger partial charge in [0.25, 0.3) is 5.91 Å². The zero-order valence-corrected chi connectivity index (χ0v) is 16.0. The average Bonchev–Trinajstić information content (AvgIpc) is 3.09. The molecule has 134 valence electrons. The van der Waals surface area contributed by atoms with Gasteiger partial charge in [-0.05, 0) is 59.7 Å². The number of carbonyl (C=O) groups excluding carboxylic acids is 1. The van der Waals surface area contributed by atoms with Gasteiger partial charge in [-0.2, -0.15) is 0 Å². The summed E-state index contributed by atoms with van der Waals surface area (Å²) in [5.74, 6) is 1.74. The van der Waals surface area contributed by atoms with Gasteiger partial charge in [-0.1, -0.05) is 26.0 Å². The monoisotopic (exact) mass is 366 g/mol. The molecule has 5 heteroatoms. The Kier molecular flexibility index (Phi) is 5.68. The van der Waals surface area contributed by atoms with Crippen LogP contribution >= 0.6 is 11.3 Å². The van der Waals surface area contributed by atoms with E-state index in [1.807, 2.05) is 42.6 Å². The predicted octanol–water partition coefficient (Wildman–Crippen LogP) is 5.41. The van der Waals surface area contributed by atoms with E-state index in [9.17, 15) is 4.79 Å². The maximum Gasteiger partial charge on any atom is 0.266 e. The van der Waals surface area contributed by atoms with Crippen LogP contribution in [-0.2, 0) is 6.61 Å². The van der Waals surface area contributed by atoms with E-state index in [0.29, 0.717) is 23.2 Å². The van der Waals surface area contributed by atoms with Crippen molar-refractivity contribution in [1.82, 2.24) is 4.98 Å². The lowest BCUT2D eigenvalue weighted by Gasteiger charge is -2.08. The first-order valence-corrected chi connectivity index (χ1v) is 9.43. The highest BCUT2D eigenvalue weighted by Crippen LogP contribution is 2.21. The number of benzene rings is 1. The van der Waals surface area contributed by atoms with Crippen LogP contribution in [0.4, 0.5) is 5.82 Å². The highest BCUT2D eigenvalue weighted by Gasteiger charge is 2.11. The van der Waals surface area contributed by atoms with Crippen LogP contribution in [0.2, 0.25) is 0 Å². The van der Waals surface area contributed by atoms with E-state index < -0.39 is 0 Å². The van der Waals surface area contributed by atoms with Crippen LogP contribution < -0.4 is 10.1 Å². The standard InChI is InChI=1S/C21H22N2O2S/c1-14(2)17-4-6-18(7-5-17)25-12-16-11-19(26-13-16)21(24)23-20-10-15(3)8-9-22-20/h4-11,13-14H,12H2,1-3H3,(H,22,23,24). The van der Waals surface area contributed by atoms with Crippen molar-refractivity contribution in [1.29, 1.82) is 0 Å². The lowest BCUT2D eigenvalue weighted by molar-refractivity contribution is 0.103. The minimum atomic E-state index is -0.152. The first-order valence-electron chi connectivity index (χ1n) is 8.55. The summed E-state index contributed by atoms with van der Waals surface area (Å²) in [6, 6.07) is 13.7. The topological polar surface area (TPSA) is 51.2 Å². The molecular formula is C21H22N2O2S. The second kappa shape index (κ2) is 8.15. The van der Waals surface area contributed by atoms with Gasteiger partial charge in [0.2, 0.25) is 0 Å². The fourth-order valence-electron chi connectivity index (χ4n) is 2.47. The van der Waals surface area contributed by atoms with Crippen LogP contribution in [0, 0.1) is 6.92 Å². The minimum Gasteiger partial charge on any atom is -0.489 e. The molecule has 4 nitrogen and oxygen atoms in total. The molecule has 0 aliphatic heterocycles. The minimum absolute atomic E-state index is 0.152. The van der Waals surface area contributed by atoms with Crippen molar-refractivity contribution in [3.8, 4) is 5.75 Å². The van der Waals surface area contributed by atoms with Gasteiger partial charge in [-0.25, -0.2) is 4.98 Å². The summed E-state index contributed by atoms with van der Waals surface area (Å²) >= 11 is 1.40. The maximum atomic E-state index is 12.3. The first kappa shape index (κ1) is 18.1. The molecular weight excluding hydrogens is 344 g/mol. The van der Waals surface area contributed by atoms with Crippen LogP contribution in [-0.4, -0.2) is 10.9 Å². The van der Waals surface area contributed by atoms with Gasteiger partial charge in [0.15, 0.2) is 0 Å². The molecule has 3 rings (SSSR count). The summed E-state index contributed by atoms with van der Waals surface area (Å²) in [5.41, 5.74) is 3.32. The fraction of sp³-hybridized carbons (Fsp3) is 0.238. The first-order chi connectivity index (χ1) is 12.5. The van der Waals surface area contributed by atoms with Crippen molar-refractivity contribution >= 4 is 23.1 Å². The van der Waals surface area contributed by atoms with E-state index in [1.54, 1.807) is 6.20 Å². The molecule has 0 radical (unpaired) electrons. The SMILES string of the molecule is Cc1ccnc(NC(=O)c2cc(COc3ccc(C(C)C)cc3)cs2)c1. The van der Waals surface area contributed by atoms with E-state index in [-0.39, 0.29) is 5.91 Å². The van der Waals surface area contributed by atoms with Crippen LogP contribution in [0.3, 0.4) is 0 Å². The van der Waals surface area contributed by atoms with Gasteiger partial charge in [0, 0.05) is 11.8 Å². The van der Waals surface area contributed by atoms with Crippen molar-refractivity contribution in [2.24, 2.45) is 0 Å². The number of pyridine rings is 1. The molecule has 1 aromatic carbocycles. The Balaban J connectivity index is 1.58. The Bertz CT molecular complexity index is 885. The molecule has 0 atom stereocenters. The zero-order valence-electron chi connectivity index (χ0n) is 15.2. The molecule has 0 aliphatic rings. The molecule has 0 spiro atoms. The van der Waals surface area contributed by atoms with Gasteiger partial charge in [-0.15, -0.1) is 11.3 Å². The number of carbonyl (C=O) groups is 1. The number of rotatable bonds is 6. The number of ether oxygens (including phenoxy) is 1. The van der Waals surface area contributed by atoms with Crippen molar-refractivity contribution < 1.29 is 9.53 Å². The number of nitrogens with zero attached hydrogens (tertiary/aromatic N) is 1. The van der Waals surface area contributed by atoms with Crippen LogP contribution in [0.25, 0.3) is 0 Å². The molecule has 0 unspecified atom stereocenters. The molecule has 0 aliphatic carbocycles. The summed E-state index contributed by atoms with van der Waals surface area (Å²) in [6.07, 6.45) is 1.68. The van der Waals surface area contributed by atoms with Crippen molar-refractivity contribution in [2.75, 3.05) is 5.32 Å². The number of hydrogen-bond acceptors (Lipinski definition) is 4. The third kappa shape index (κ3) is 4.70. The summed E-state index contributed by atoms with van der Waals surface area (Å²) in [7, 11) is 0. The Labute approximate surface area is 157 Å². The third-order valence-corrected chi connectivity index (χ3v) is 4.96. The zero-order chi connectivity index (χ0) is 18.5. The van der Waals surface area contributed by atoms with Crippen LogP contribution in [0.15, 0.2) is 54.0 Å². The van der Waals surface area contributed by atoms with Gasteiger partial charge in [0.05, 0.1) is 4.88 Å². The summed E-state index contributed by atoms with van der Waals surface area (Å²) in [5, 5.41) is 4.77. The largest absolute Gasteiger partial charge is 0.489 e. The average molecular weight is 366 g/mol. The molecule has 1 amide bonds.